The SMILES string of the molecule is CS(=O)(=O)c1ccc(-c2ncccc2C#N)cc1. The quantitative estimate of drug-likeness (QED) is 0.826. The van der Waals surface area contributed by atoms with Crippen LogP contribution in [0.5, 0.6) is 0 Å². The summed E-state index contributed by atoms with van der Waals surface area (Å²) in [5.41, 5.74) is 1.74. The Morgan fingerprint density at radius 2 is 1.83 bits per heavy atom. The normalized spacial score (nSPS) is 10.9. The number of hydrogen-bond donors (Lipinski definition) is 0. The third-order valence-corrected chi connectivity index (χ3v) is 3.61. The van der Waals surface area contributed by atoms with Crippen LogP contribution in [0, 0.1) is 11.3 Å². The molecule has 2 rings (SSSR count). The molecular weight excluding hydrogens is 248 g/mol. The molecule has 18 heavy (non-hydrogen) atoms. The minimum Gasteiger partial charge on any atom is -0.255 e. The van der Waals surface area contributed by atoms with Gasteiger partial charge in [-0.25, -0.2) is 8.42 Å². The molecule has 0 amide bonds. The molecule has 0 spiro atoms. The first-order chi connectivity index (χ1) is 8.52. The largest absolute Gasteiger partial charge is 0.255 e. The Hall–Kier alpha value is -2.19. The summed E-state index contributed by atoms with van der Waals surface area (Å²) in [5, 5.41) is 8.98. The molecule has 0 fully saturated rings. The lowest BCUT2D eigenvalue weighted by Crippen LogP contribution is -1.96. The van der Waals surface area contributed by atoms with Crippen LogP contribution >= 0.6 is 0 Å². The zero-order valence-electron chi connectivity index (χ0n) is 9.66. The summed E-state index contributed by atoms with van der Waals surface area (Å²) in [4.78, 5) is 4.39. The first kappa shape index (κ1) is 12.3. The van der Waals surface area contributed by atoms with Crippen molar-refractivity contribution in [2.24, 2.45) is 0 Å². The smallest absolute Gasteiger partial charge is 0.175 e. The van der Waals surface area contributed by atoms with Gasteiger partial charge in [0.25, 0.3) is 0 Å². The van der Waals surface area contributed by atoms with E-state index in [1.165, 1.54) is 12.1 Å². The summed E-state index contributed by atoms with van der Waals surface area (Å²) in [7, 11) is -3.20. The number of nitrogens with zero attached hydrogens (tertiary/aromatic N) is 2. The zero-order valence-corrected chi connectivity index (χ0v) is 10.5. The van der Waals surface area contributed by atoms with E-state index in [2.05, 4.69) is 11.1 Å². The van der Waals surface area contributed by atoms with Crippen molar-refractivity contribution < 1.29 is 8.42 Å². The molecule has 0 bridgehead atoms. The van der Waals surface area contributed by atoms with E-state index >= 15 is 0 Å². The average molecular weight is 258 g/mol. The van der Waals surface area contributed by atoms with Crippen molar-refractivity contribution >= 4 is 9.84 Å². The molecule has 0 aliphatic rings. The number of sulfone groups is 1. The van der Waals surface area contributed by atoms with Gasteiger partial charge in [0.15, 0.2) is 9.84 Å². The fraction of sp³-hybridized carbons (Fsp3) is 0.0769. The highest BCUT2D eigenvalue weighted by Gasteiger charge is 2.09. The molecule has 0 saturated heterocycles. The molecule has 90 valence electrons. The molecule has 1 aromatic carbocycles. The molecule has 0 radical (unpaired) electrons. The first-order valence-electron chi connectivity index (χ1n) is 5.18. The van der Waals surface area contributed by atoms with Crippen LogP contribution in [-0.2, 0) is 9.84 Å². The second kappa shape index (κ2) is 4.59. The third kappa shape index (κ3) is 2.39. The number of pyridine rings is 1. The van der Waals surface area contributed by atoms with E-state index in [1.54, 1.807) is 30.5 Å². The van der Waals surface area contributed by atoms with Gasteiger partial charge in [0.05, 0.1) is 16.2 Å². The Kier molecular flexibility index (Phi) is 3.13. The molecule has 0 aliphatic carbocycles. The Bertz CT molecular complexity index is 713. The Morgan fingerprint density at radius 1 is 1.17 bits per heavy atom. The molecule has 4 nitrogen and oxygen atoms in total. The monoisotopic (exact) mass is 258 g/mol. The van der Waals surface area contributed by atoms with Gasteiger partial charge in [-0.15, -0.1) is 0 Å². The second-order valence-corrected chi connectivity index (χ2v) is 5.82. The molecule has 0 N–H and O–H groups in total. The van der Waals surface area contributed by atoms with Crippen LogP contribution < -0.4 is 0 Å². The van der Waals surface area contributed by atoms with Crippen LogP contribution in [0.15, 0.2) is 47.5 Å². The predicted octanol–water partition coefficient (Wildman–Crippen LogP) is 2.02. The summed E-state index contributed by atoms with van der Waals surface area (Å²) < 4.78 is 22.7. The van der Waals surface area contributed by atoms with Crippen molar-refractivity contribution in [1.82, 2.24) is 4.98 Å². The number of nitriles is 1. The number of aromatic nitrogens is 1. The molecule has 2 aromatic rings. The Balaban J connectivity index is 2.51. The van der Waals surface area contributed by atoms with E-state index in [0.29, 0.717) is 11.3 Å². The minimum absolute atomic E-state index is 0.251. The molecule has 1 heterocycles. The fourth-order valence-electron chi connectivity index (χ4n) is 1.59. The number of rotatable bonds is 2. The van der Waals surface area contributed by atoms with E-state index in [-0.39, 0.29) is 4.90 Å². The van der Waals surface area contributed by atoms with Crippen LogP contribution in [0.1, 0.15) is 5.56 Å². The van der Waals surface area contributed by atoms with Crippen LogP contribution in [0.25, 0.3) is 11.3 Å². The standard InChI is InChI=1S/C13H10N2O2S/c1-18(16,17)12-6-4-10(5-7-12)13-11(9-14)3-2-8-15-13/h2-8H,1H3. The predicted molar refractivity (Wildman–Crippen MR) is 67.5 cm³/mol. The van der Waals surface area contributed by atoms with Crippen LogP contribution in [-0.4, -0.2) is 19.7 Å². The molecule has 0 atom stereocenters. The van der Waals surface area contributed by atoms with E-state index < -0.39 is 9.84 Å². The topological polar surface area (TPSA) is 70.8 Å². The maximum Gasteiger partial charge on any atom is 0.175 e. The first-order valence-corrected chi connectivity index (χ1v) is 7.07. The number of benzene rings is 1. The highest BCUT2D eigenvalue weighted by Crippen LogP contribution is 2.22. The van der Waals surface area contributed by atoms with Crippen molar-refractivity contribution in [2.45, 2.75) is 4.90 Å². The van der Waals surface area contributed by atoms with Crippen molar-refractivity contribution in [3.05, 3.63) is 48.2 Å². The van der Waals surface area contributed by atoms with Crippen molar-refractivity contribution in [3.8, 4) is 17.3 Å². The minimum atomic E-state index is -3.20. The lowest BCUT2D eigenvalue weighted by atomic mass is 10.1. The van der Waals surface area contributed by atoms with E-state index in [9.17, 15) is 8.42 Å². The van der Waals surface area contributed by atoms with Crippen LogP contribution in [0.4, 0.5) is 0 Å². The summed E-state index contributed by atoms with van der Waals surface area (Å²) in [5.74, 6) is 0. The summed E-state index contributed by atoms with van der Waals surface area (Å²) in [6.45, 7) is 0. The average Bonchev–Trinajstić information content (AvgIpc) is 2.38. The van der Waals surface area contributed by atoms with E-state index in [1.807, 2.05) is 0 Å². The van der Waals surface area contributed by atoms with Gasteiger partial charge in [0.2, 0.25) is 0 Å². The molecule has 1 aromatic heterocycles. The molecule has 0 aliphatic heterocycles. The second-order valence-electron chi connectivity index (χ2n) is 3.81. The van der Waals surface area contributed by atoms with Crippen molar-refractivity contribution in [2.75, 3.05) is 6.26 Å². The maximum atomic E-state index is 11.3. The highest BCUT2D eigenvalue weighted by molar-refractivity contribution is 7.90. The molecule has 0 saturated carbocycles. The lowest BCUT2D eigenvalue weighted by Gasteiger charge is -2.04. The third-order valence-electron chi connectivity index (χ3n) is 2.48. The lowest BCUT2D eigenvalue weighted by molar-refractivity contribution is 0.602. The van der Waals surface area contributed by atoms with Crippen molar-refractivity contribution in [1.29, 1.82) is 5.26 Å². The summed E-state index contributed by atoms with van der Waals surface area (Å²) in [6.07, 6.45) is 2.75. The van der Waals surface area contributed by atoms with Gasteiger partial charge < -0.3 is 0 Å². The van der Waals surface area contributed by atoms with Gasteiger partial charge in [0.1, 0.15) is 6.07 Å². The van der Waals surface area contributed by atoms with Gasteiger partial charge in [-0.1, -0.05) is 12.1 Å². The van der Waals surface area contributed by atoms with Crippen LogP contribution in [0.2, 0.25) is 0 Å². The Labute approximate surface area is 105 Å². The highest BCUT2D eigenvalue weighted by atomic mass is 32.2. The Morgan fingerprint density at radius 3 is 2.39 bits per heavy atom. The molecule has 0 unspecified atom stereocenters. The molecule has 5 heteroatoms. The van der Waals surface area contributed by atoms with E-state index in [0.717, 1.165) is 11.8 Å². The zero-order chi connectivity index (χ0) is 13.2. The molecular formula is C13H10N2O2S. The number of hydrogen-bond acceptors (Lipinski definition) is 4. The summed E-state index contributed by atoms with van der Waals surface area (Å²) in [6, 6.07) is 11.8. The van der Waals surface area contributed by atoms with Gasteiger partial charge in [-0.05, 0) is 24.3 Å². The summed E-state index contributed by atoms with van der Waals surface area (Å²) >= 11 is 0. The van der Waals surface area contributed by atoms with Gasteiger partial charge in [-0.3, -0.25) is 4.98 Å². The van der Waals surface area contributed by atoms with Gasteiger partial charge >= 0.3 is 0 Å². The van der Waals surface area contributed by atoms with Gasteiger partial charge in [-0.2, -0.15) is 5.26 Å². The van der Waals surface area contributed by atoms with Crippen molar-refractivity contribution in [3.63, 3.8) is 0 Å². The fourth-order valence-corrected chi connectivity index (χ4v) is 2.22. The van der Waals surface area contributed by atoms with E-state index in [4.69, 9.17) is 5.26 Å². The van der Waals surface area contributed by atoms with Crippen LogP contribution in [0.3, 0.4) is 0 Å². The van der Waals surface area contributed by atoms with Gasteiger partial charge in [0, 0.05) is 18.0 Å². The maximum absolute atomic E-state index is 11.3.